The van der Waals surface area contributed by atoms with Crippen LogP contribution in [0.25, 0.3) is 0 Å². The van der Waals surface area contributed by atoms with Gasteiger partial charge in [-0.2, -0.15) is 0 Å². The molecular formula is C23H42O5S. The number of Topliss-reactive ketones (excluding diaryl/α,β-unsaturated/α-hetero) is 2. The van der Waals surface area contributed by atoms with Crippen LogP contribution < -0.4 is 0 Å². The van der Waals surface area contributed by atoms with Gasteiger partial charge in [0, 0.05) is 4.86 Å². The third kappa shape index (κ3) is 10.8. The molecule has 29 heavy (non-hydrogen) atoms. The van der Waals surface area contributed by atoms with Crippen LogP contribution in [0.5, 0.6) is 0 Å². The van der Waals surface area contributed by atoms with Gasteiger partial charge in [0.15, 0.2) is 17.2 Å². The van der Waals surface area contributed by atoms with E-state index in [1.807, 2.05) is 0 Å². The SMILES string of the molecule is CCCCCCCCCCCCCCCC(=S)C(O)(C(C)=O)C(O)C(O)C(C)=O. The Labute approximate surface area is 182 Å². The molecule has 0 aliphatic carbocycles. The molecule has 0 bridgehead atoms. The number of hydrogen-bond acceptors (Lipinski definition) is 6. The summed E-state index contributed by atoms with van der Waals surface area (Å²) >= 11 is 5.18. The van der Waals surface area contributed by atoms with Gasteiger partial charge in [-0.25, -0.2) is 0 Å². The van der Waals surface area contributed by atoms with Gasteiger partial charge in [-0.05, 0) is 26.7 Å². The maximum atomic E-state index is 11.9. The summed E-state index contributed by atoms with van der Waals surface area (Å²) in [4.78, 5) is 23.2. The highest BCUT2D eigenvalue weighted by atomic mass is 32.1. The van der Waals surface area contributed by atoms with Crippen molar-refractivity contribution in [2.45, 2.75) is 128 Å². The van der Waals surface area contributed by atoms with Crippen LogP contribution in [-0.4, -0.2) is 49.6 Å². The van der Waals surface area contributed by atoms with Crippen molar-refractivity contribution in [3.8, 4) is 0 Å². The Morgan fingerprint density at radius 1 is 0.793 bits per heavy atom. The van der Waals surface area contributed by atoms with Gasteiger partial charge >= 0.3 is 0 Å². The van der Waals surface area contributed by atoms with E-state index in [0.717, 1.165) is 33.1 Å². The molecule has 0 aliphatic rings. The number of ketones is 2. The minimum Gasteiger partial charge on any atom is -0.386 e. The molecule has 0 saturated heterocycles. The van der Waals surface area contributed by atoms with Crippen molar-refractivity contribution in [2.75, 3.05) is 0 Å². The average molecular weight is 431 g/mol. The number of hydrogen-bond donors (Lipinski definition) is 3. The Balaban J connectivity index is 4.01. The highest BCUT2D eigenvalue weighted by Crippen LogP contribution is 2.23. The van der Waals surface area contributed by atoms with E-state index < -0.39 is 29.4 Å². The van der Waals surface area contributed by atoms with E-state index in [2.05, 4.69) is 6.92 Å². The van der Waals surface area contributed by atoms with Gasteiger partial charge in [0.2, 0.25) is 0 Å². The molecule has 0 fully saturated rings. The predicted molar refractivity (Wildman–Crippen MR) is 121 cm³/mol. The molecule has 0 radical (unpaired) electrons. The molecule has 0 aromatic rings. The van der Waals surface area contributed by atoms with Gasteiger partial charge in [-0.1, -0.05) is 96.2 Å². The van der Waals surface area contributed by atoms with E-state index >= 15 is 0 Å². The lowest BCUT2D eigenvalue weighted by Gasteiger charge is -2.33. The zero-order valence-electron chi connectivity index (χ0n) is 18.6. The molecule has 0 saturated carbocycles. The van der Waals surface area contributed by atoms with Gasteiger partial charge in [-0.15, -0.1) is 0 Å². The van der Waals surface area contributed by atoms with Crippen molar-refractivity contribution in [1.82, 2.24) is 0 Å². The summed E-state index contributed by atoms with van der Waals surface area (Å²) in [5, 5.41) is 30.4. The fourth-order valence-electron chi connectivity index (χ4n) is 3.51. The number of thiocarbonyl (C=S) groups is 1. The van der Waals surface area contributed by atoms with E-state index in [9.17, 15) is 24.9 Å². The number of aliphatic hydroxyl groups excluding tert-OH is 2. The second-order valence-corrected chi connectivity index (χ2v) is 8.73. The third-order valence-electron chi connectivity index (χ3n) is 5.61. The van der Waals surface area contributed by atoms with Gasteiger partial charge < -0.3 is 15.3 Å². The van der Waals surface area contributed by atoms with Gasteiger partial charge in [0.05, 0.1) is 0 Å². The predicted octanol–water partition coefficient (Wildman–Crippen LogP) is 4.47. The highest BCUT2D eigenvalue weighted by molar-refractivity contribution is 7.80. The largest absolute Gasteiger partial charge is 0.386 e. The summed E-state index contributed by atoms with van der Waals surface area (Å²) in [6.07, 6.45) is 12.2. The Morgan fingerprint density at radius 3 is 1.52 bits per heavy atom. The number of rotatable bonds is 19. The first kappa shape index (κ1) is 28.3. The molecule has 0 aliphatic heterocycles. The third-order valence-corrected chi connectivity index (χ3v) is 6.13. The van der Waals surface area contributed by atoms with Crippen LogP contribution in [0.2, 0.25) is 0 Å². The van der Waals surface area contributed by atoms with Crippen LogP contribution in [0.15, 0.2) is 0 Å². The molecular weight excluding hydrogens is 388 g/mol. The van der Waals surface area contributed by atoms with Crippen LogP contribution >= 0.6 is 12.2 Å². The Morgan fingerprint density at radius 2 is 1.17 bits per heavy atom. The van der Waals surface area contributed by atoms with Crippen LogP contribution in [0.4, 0.5) is 0 Å². The average Bonchev–Trinajstić information content (AvgIpc) is 2.69. The quantitative estimate of drug-likeness (QED) is 0.207. The second kappa shape index (κ2) is 16.1. The fourth-order valence-corrected chi connectivity index (χ4v) is 3.92. The Bertz CT molecular complexity index is 494. The zero-order valence-corrected chi connectivity index (χ0v) is 19.4. The summed E-state index contributed by atoms with van der Waals surface area (Å²) in [7, 11) is 0. The van der Waals surface area contributed by atoms with E-state index in [0.29, 0.717) is 12.8 Å². The Kier molecular flexibility index (Phi) is 15.7. The summed E-state index contributed by atoms with van der Waals surface area (Å²) in [5.74, 6) is -1.48. The molecule has 170 valence electrons. The topological polar surface area (TPSA) is 94.8 Å². The van der Waals surface area contributed by atoms with Gasteiger partial charge in [0.25, 0.3) is 0 Å². The van der Waals surface area contributed by atoms with Crippen LogP contribution in [-0.2, 0) is 9.59 Å². The van der Waals surface area contributed by atoms with Crippen LogP contribution in [0.3, 0.4) is 0 Å². The standard InChI is InChI=1S/C23H42O5S/c1-4-5-6-7-8-9-10-11-12-13-14-15-16-17-20(29)23(28,19(3)25)22(27)21(26)18(2)24/h21-22,26-28H,4-17H2,1-3H3. The lowest BCUT2D eigenvalue weighted by Crippen LogP contribution is -2.60. The first-order chi connectivity index (χ1) is 13.7. The van der Waals surface area contributed by atoms with Crippen molar-refractivity contribution in [2.24, 2.45) is 0 Å². The summed E-state index contributed by atoms with van der Waals surface area (Å²) in [6.45, 7) is 4.43. The summed E-state index contributed by atoms with van der Waals surface area (Å²) < 4.78 is 0. The van der Waals surface area contributed by atoms with Crippen molar-refractivity contribution < 1.29 is 24.9 Å². The minimum absolute atomic E-state index is 0.0131. The molecule has 3 N–H and O–H groups in total. The molecule has 3 atom stereocenters. The molecule has 5 nitrogen and oxygen atoms in total. The smallest absolute Gasteiger partial charge is 0.182 e. The lowest BCUT2D eigenvalue weighted by molar-refractivity contribution is -0.152. The number of carbonyl (C=O) groups excluding carboxylic acids is 2. The molecule has 0 heterocycles. The Hall–Kier alpha value is -0.690. The van der Waals surface area contributed by atoms with Crippen molar-refractivity contribution in [3.05, 3.63) is 0 Å². The zero-order chi connectivity index (χ0) is 22.3. The molecule has 0 aromatic heterocycles. The van der Waals surface area contributed by atoms with Crippen LogP contribution in [0.1, 0.15) is 111 Å². The maximum absolute atomic E-state index is 11.9. The first-order valence-corrected chi connectivity index (χ1v) is 11.7. The number of unbranched alkanes of at least 4 members (excludes halogenated alkanes) is 12. The van der Waals surface area contributed by atoms with E-state index in [4.69, 9.17) is 12.2 Å². The normalized spacial score (nSPS) is 15.5. The summed E-state index contributed by atoms with van der Waals surface area (Å²) in [5.41, 5.74) is -2.36. The van der Waals surface area contributed by atoms with Crippen molar-refractivity contribution in [3.63, 3.8) is 0 Å². The molecule has 0 aromatic carbocycles. The van der Waals surface area contributed by atoms with E-state index in [1.54, 1.807) is 0 Å². The van der Waals surface area contributed by atoms with Crippen molar-refractivity contribution >= 4 is 28.6 Å². The lowest BCUT2D eigenvalue weighted by atomic mass is 9.83. The molecule has 6 heteroatoms. The number of aliphatic hydroxyl groups is 3. The van der Waals surface area contributed by atoms with E-state index in [-0.39, 0.29) is 4.86 Å². The first-order valence-electron chi connectivity index (χ1n) is 11.3. The molecule has 3 unspecified atom stereocenters. The molecule has 0 amide bonds. The second-order valence-electron chi connectivity index (χ2n) is 8.24. The monoisotopic (exact) mass is 430 g/mol. The molecule has 0 spiro atoms. The van der Waals surface area contributed by atoms with Gasteiger partial charge in [-0.3, -0.25) is 9.59 Å². The molecule has 0 rings (SSSR count). The highest BCUT2D eigenvalue weighted by Gasteiger charge is 2.48. The fraction of sp³-hybridized carbons (Fsp3) is 0.870. The van der Waals surface area contributed by atoms with Crippen LogP contribution in [0, 0.1) is 0 Å². The minimum atomic E-state index is -2.36. The maximum Gasteiger partial charge on any atom is 0.182 e. The van der Waals surface area contributed by atoms with Gasteiger partial charge in [0.1, 0.15) is 12.2 Å². The van der Waals surface area contributed by atoms with Crippen molar-refractivity contribution in [1.29, 1.82) is 0 Å². The van der Waals surface area contributed by atoms with E-state index in [1.165, 1.54) is 57.8 Å². The number of carbonyl (C=O) groups is 2. The summed E-state index contributed by atoms with van der Waals surface area (Å²) in [6, 6.07) is 0.